The molecular weight excluding hydrogens is 272 g/mol. The number of methoxy groups -OCH3 is 1. The molecule has 2 atom stereocenters. The molecule has 0 fully saturated rings. The Labute approximate surface area is 122 Å². The molecule has 1 aromatic carbocycles. The number of carbonyl (C=O) groups is 1. The number of esters is 1. The zero-order valence-corrected chi connectivity index (χ0v) is 12.3. The Hall–Kier alpha value is -2.37. The molecule has 0 aliphatic carbocycles. The van der Waals surface area contributed by atoms with E-state index in [2.05, 4.69) is 10.3 Å². The van der Waals surface area contributed by atoms with Crippen LogP contribution >= 0.6 is 0 Å². The summed E-state index contributed by atoms with van der Waals surface area (Å²) in [5.74, 6) is -0.405. The Balaban J connectivity index is 2.37. The maximum Gasteiger partial charge on any atom is 0.348 e. The van der Waals surface area contributed by atoms with Gasteiger partial charge in [0, 0.05) is 0 Å². The minimum absolute atomic E-state index is 0.0102. The van der Waals surface area contributed by atoms with Gasteiger partial charge in [-0.05, 0) is 18.1 Å². The van der Waals surface area contributed by atoms with E-state index in [9.17, 15) is 9.59 Å². The van der Waals surface area contributed by atoms with Gasteiger partial charge in [-0.2, -0.15) is 4.98 Å². The van der Waals surface area contributed by atoms with Gasteiger partial charge in [0.1, 0.15) is 6.04 Å². The summed E-state index contributed by atoms with van der Waals surface area (Å²) in [7, 11) is 1.32. The maximum atomic E-state index is 11.9. The number of benzene rings is 1. The molecule has 1 heterocycles. The van der Waals surface area contributed by atoms with Gasteiger partial charge in [0.15, 0.2) is 0 Å². The Morgan fingerprint density at radius 2 is 2.14 bits per heavy atom. The molecule has 2 aromatic rings. The molecule has 112 valence electrons. The molecule has 0 bridgehead atoms. The highest BCUT2D eigenvalue weighted by atomic mass is 16.5. The van der Waals surface area contributed by atoms with Crippen LogP contribution in [0.1, 0.15) is 20.3 Å². The topological polar surface area (TPSA) is 81.4 Å². The fourth-order valence-electron chi connectivity index (χ4n) is 2.01. The quantitative estimate of drug-likeness (QED) is 0.850. The number of nitrogens with zero attached hydrogens (tertiary/aromatic N) is 1. The third-order valence-electron chi connectivity index (χ3n) is 3.48. The van der Waals surface area contributed by atoms with E-state index in [0.717, 1.165) is 6.42 Å². The zero-order chi connectivity index (χ0) is 15.4. The number of hydrogen-bond donors (Lipinski definition) is 1. The largest absolute Gasteiger partial charge is 0.467 e. The summed E-state index contributed by atoms with van der Waals surface area (Å²) in [6.07, 6.45) is 0.768. The van der Waals surface area contributed by atoms with Gasteiger partial charge >= 0.3 is 11.6 Å². The second-order valence-electron chi connectivity index (χ2n) is 4.85. The molecule has 21 heavy (non-hydrogen) atoms. The Bertz CT molecular complexity index is 695. The van der Waals surface area contributed by atoms with Gasteiger partial charge in [0.25, 0.3) is 6.01 Å². The first-order valence-corrected chi connectivity index (χ1v) is 6.81. The first-order chi connectivity index (χ1) is 10.1. The first kappa shape index (κ1) is 15.0. The van der Waals surface area contributed by atoms with Crippen molar-refractivity contribution >= 4 is 22.9 Å². The van der Waals surface area contributed by atoms with E-state index in [4.69, 9.17) is 9.15 Å². The van der Waals surface area contributed by atoms with Crippen molar-refractivity contribution in [3.63, 3.8) is 0 Å². The second-order valence-corrected chi connectivity index (χ2v) is 4.85. The average molecular weight is 290 g/mol. The number of nitrogens with one attached hydrogen (secondary N) is 1. The van der Waals surface area contributed by atoms with Crippen LogP contribution in [0.3, 0.4) is 0 Å². The van der Waals surface area contributed by atoms with Crippen LogP contribution in [0.25, 0.3) is 10.9 Å². The van der Waals surface area contributed by atoms with E-state index < -0.39 is 17.6 Å². The summed E-state index contributed by atoms with van der Waals surface area (Å²) in [6, 6.07) is 6.29. The first-order valence-electron chi connectivity index (χ1n) is 6.81. The number of hydrogen-bond acceptors (Lipinski definition) is 6. The molecule has 2 rings (SSSR count). The highest BCUT2D eigenvalue weighted by Gasteiger charge is 2.26. The summed E-state index contributed by atoms with van der Waals surface area (Å²) < 4.78 is 9.90. The number of aromatic nitrogens is 1. The van der Waals surface area contributed by atoms with E-state index in [1.54, 1.807) is 24.3 Å². The summed E-state index contributed by atoms with van der Waals surface area (Å²) in [5, 5.41) is 3.26. The summed E-state index contributed by atoms with van der Waals surface area (Å²) >= 11 is 0. The van der Waals surface area contributed by atoms with Gasteiger partial charge < -0.3 is 14.5 Å². The van der Waals surface area contributed by atoms with Crippen molar-refractivity contribution in [2.24, 2.45) is 5.92 Å². The summed E-state index contributed by atoms with van der Waals surface area (Å²) in [6.45, 7) is 3.88. The lowest BCUT2D eigenvalue weighted by atomic mass is 9.99. The predicted molar refractivity (Wildman–Crippen MR) is 79.2 cm³/mol. The van der Waals surface area contributed by atoms with Crippen LogP contribution < -0.4 is 10.9 Å². The van der Waals surface area contributed by atoms with Crippen molar-refractivity contribution in [2.75, 3.05) is 12.4 Å². The SMILES string of the molecule is CC[C@H](C)[C@H](Nc1nc2ccccc2c(=O)o1)C(=O)OC. The molecule has 0 amide bonds. The molecular formula is C15H18N2O4. The minimum atomic E-state index is -0.614. The van der Waals surface area contributed by atoms with Crippen LogP contribution in [0, 0.1) is 5.92 Å². The number of anilines is 1. The molecule has 1 N–H and O–H groups in total. The van der Waals surface area contributed by atoms with Crippen LogP contribution in [0.15, 0.2) is 33.5 Å². The van der Waals surface area contributed by atoms with E-state index >= 15 is 0 Å². The van der Waals surface area contributed by atoms with E-state index in [-0.39, 0.29) is 11.9 Å². The number of rotatable bonds is 5. The van der Waals surface area contributed by atoms with Gasteiger partial charge in [-0.25, -0.2) is 9.59 Å². The number of carbonyl (C=O) groups excluding carboxylic acids is 1. The molecule has 0 unspecified atom stereocenters. The highest BCUT2D eigenvalue weighted by Crippen LogP contribution is 2.16. The maximum absolute atomic E-state index is 11.9. The lowest BCUT2D eigenvalue weighted by Crippen LogP contribution is -2.37. The van der Waals surface area contributed by atoms with Crippen molar-refractivity contribution in [1.29, 1.82) is 0 Å². The van der Waals surface area contributed by atoms with Crippen LogP contribution in [0.5, 0.6) is 0 Å². The predicted octanol–water partition coefficient (Wildman–Crippen LogP) is 2.19. The average Bonchev–Trinajstić information content (AvgIpc) is 2.51. The van der Waals surface area contributed by atoms with E-state index in [1.165, 1.54) is 7.11 Å². The molecule has 6 heteroatoms. The van der Waals surface area contributed by atoms with E-state index in [0.29, 0.717) is 10.9 Å². The Morgan fingerprint density at radius 1 is 1.43 bits per heavy atom. The van der Waals surface area contributed by atoms with Gasteiger partial charge in [-0.3, -0.25) is 0 Å². The molecule has 0 radical (unpaired) electrons. The number of ether oxygens (including phenoxy) is 1. The van der Waals surface area contributed by atoms with Crippen LogP contribution in [-0.4, -0.2) is 24.1 Å². The third kappa shape index (κ3) is 3.21. The highest BCUT2D eigenvalue weighted by molar-refractivity contribution is 5.80. The van der Waals surface area contributed by atoms with Gasteiger partial charge in [-0.1, -0.05) is 32.4 Å². The van der Waals surface area contributed by atoms with Gasteiger partial charge in [0.2, 0.25) is 0 Å². The molecule has 6 nitrogen and oxygen atoms in total. The standard InChI is InChI=1S/C15H18N2O4/c1-4-9(2)12(14(19)20-3)17-15-16-11-8-6-5-7-10(11)13(18)21-15/h5-9,12H,4H2,1-3H3,(H,16,17)/t9-,12-/m0/s1. The monoisotopic (exact) mass is 290 g/mol. The van der Waals surface area contributed by atoms with Gasteiger partial charge in [0.05, 0.1) is 18.0 Å². The molecule has 0 saturated carbocycles. The van der Waals surface area contributed by atoms with Crippen molar-refractivity contribution in [2.45, 2.75) is 26.3 Å². The number of fused-ring (bicyclic) bond motifs is 1. The Morgan fingerprint density at radius 3 is 2.81 bits per heavy atom. The lowest BCUT2D eigenvalue weighted by Gasteiger charge is -2.21. The van der Waals surface area contributed by atoms with Crippen LogP contribution in [0.2, 0.25) is 0 Å². The van der Waals surface area contributed by atoms with Crippen LogP contribution in [0.4, 0.5) is 6.01 Å². The summed E-state index contributed by atoms with van der Waals surface area (Å²) in [5.41, 5.74) is 0.0277. The van der Waals surface area contributed by atoms with E-state index in [1.807, 2.05) is 13.8 Å². The Kier molecular flexibility index (Phi) is 4.57. The third-order valence-corrected chi connectivity index (χ3v) is 3.48. The lowest BCUT2D eigenvalue weighted by molar-refractivity contribution is -0.142. The van der Waals surface area contributed by atoms with Crippen molar-refractivity contribution in [3.8, 4) is 0 Å². The van der Waals surface area contributed by atoms with Crippen molar-refractivity contribution in [3.05, 3.63) is 34.7 Å². The zero-order valence-electron chi connectivity index (χ0n) is 12.3. The smallest absolute Gasteiger partial charge is 0.348 e. The normalized spacial score (nSPS) is 13.7. The van der Waals surface area contributed by atoms with Crippen molar-refractivity contribution in [1.82, 2.24) is 4.98 Å². The fraction of sp³-hybridized carbons (Fsp3) is 0.400. The molecule has 0 saturated heterocycles. The fourth-order valence-corrected chi connectivity index (χ4v) is 2.01. The molecule has 0 aliphatic rings. The molecule has 0 spiro atoms. The molecule has 0 aliphatic heterocycles. The second kappa shape index (κ2) is 6.39. The minimum Gasteiger partial charge on any atom is -0.467 e. The number of para-hydroxylation sites is 1. The van der Waals surface area contributed by atoms with Crippen LogP contribution in [-0.2, 0) is 9.53 Å². The van der Waals surface area contributed by atoms with Crippen molar-refractivity contribution < 1.29 is 13.9 Å². The summed E-state index contributed by atoms with van der Waals surface area (Å²) in [4.78, 5) is 28.0. The van der Waals surface area contributed by atoms with Gasteiger partial charge in [-0.15, -0.1) is 0 Å². The molecule has 1 aromatic heterocycles.